The molecule has 0 radical (unpaired) electrons. The molecule has 154 valence electrons. The number of thioether (sulfide) groups is 1. The van der Waals surface area contributed by atoms with Crippen LogP contribution < -0.4 is 16.1 Å². The first kappa shape index (κ1) is 19.5. The lowest BCUT2D eigenvalue weighted by molar-refractivity contribution is 0.145. The first-order valence-corrected chi connectivity index (χ1v) is 11.7. The van der Waals surface area contributed by atoms with Gasteiger partial charge in [-0.2, -0.15) is 0 Å². The molecular weight excluding hydrogens is 383 g/mol. The highest BCUT2D eigenvalue weighted by Crippen LogP contribution is 2.41. The van der Waals surface area contributed by atoms with Gasteiger partial charge in [-0.3, -0.25) is 5.43 Å². The molecule has 2 aromatic rings. The zero-order chi connectivity index (χ0) is 19.8. The summed E-state index contributed by atoms with van der Waals surface area (Å²) >= 11 is 1.95. The molecule has 0 saturated carbocycles. The second-order valence-corrected chi connectivity index (χ2v) is 9.60. The van der Waals surface area contributed by atoms with Gasteiger partial charge < -0.3 is 10.6 Å². The van der Waals surface area contributed by atoms with Crippen molar-refractivity contribution in [1.82, 2.24) is 21.1 Å². The Labute approximate surface area is 176 Å². The molecule has 6 heteroatoms. The van der Waals surface area contributed by atoms with E-state index in [-0.39, 0.29) is 5.82 Å². The van der Waals surface area contributed by atoms with Crippen molar-refractivity contribution < 1.29 is 4.39 Å². The summed E-state index contributed by atoms with van der Waals surface area (Å²) in [6.45, 7) is 6.92. The van der Waals surface area contributed by atoms with Crippen LogP contribution in [-0.2, 0) is 6.54 Å². The van der Waals surface area contributed by atoms with Crippen LogP contribution in [0, 0.1) is 18.7 Å². The first-order valence-electron chi connectivity index (χ1n) is 10.6. The van der Waals surface area contributed by atoms with Crippen LogP contribution in [0.4, 0.5) is 4.39 Å². The maximum absolute atomic E-state index is 14.3. The largest absolute Gasteiger partial charge is 0.315 e. The van der Waals surface area contributed by atoms with Crippen molar-refractivity contribution in [3.63, 3.8) is 0 Å². The van der Waals surface area contributed by atoms with Gasteiger partial charge >= 0.3 is 0 Å². The molecule has 0 aromatic heterocycles. The van der Waals surface area contributed by atoms with Crippen molar-refractivity contribution in [1.29, 1.82) is 0 Å². The van der Waals surface area contributed by atoms with E-state index in [1.165, 1.54) is 23.1 Å². The van der Waals surface area contributed by atoms with Gasteiger partial charge in [-0.25, -0.2) is 9.40 Å². The van der Waals surface area contributed by atoms with E-state index in [4.69, 9.17) is 0 Å². The zero-order valence-electron chi connectivity index (χ0n) is 16.9. The van der Waals surface area contributed by atoms with Gasteiger partial charge in [-0.15, -0.1) is 11.8 Å². The molecule has 4 nitrogen and oxygen atoms in total. The first-order chi connectivity index (χ1) is 14.2. The predicted octanol–water partition coefficient (Wildman–Crippen LogP) is 3.43. The molecule has 3 heterocycles. The van der Waals surface area contributed by atoms with Gasteiger partial charge in [-0.1, -0.05) is 30.3 Å². The molecule has 2 aromatic carbocycles. The standard InChI is InChI=1S/C23H29FN4S/c1-15-5-6-16(9-20(15)24)19-4-2-3-18(23(19)22-12-26-14-29-22)13-28-21-11-25-8-7-17(21)10-27-28/h2-6,9,17,21-22,25-27H,7-8,10-14H2,1H3. The predicted molar refractivity (Wildman–Crippen MR) is 118 cm³/mol. The minimum absolute atomic E-state index is 0.131. The van der Waals surface area contributed by atoms with E-state index in [0.29, 0.717) is 16.9 Å². The summed E-state index contributed by atoms with van der Waals surface area (Å²) in [5.74, 6) is 1.57. The monoisotopic (exact) mass is 412 g/mol. The fourth-order valence-electron chi connectivity index (χ4n) is 4.94. The Hall–Kier alpha value is -1.44. The molecule has 3 saturated heterocycles. The van der Waals surface area contributed by atoms with Gasteiger partial charge in [0.2, 0.25) is 0 Å². The fraction of sp³-hybridized carbons (Fsp3) is 0.478. The van der Waals surface area contributed by atoms with E-state index in [1.54, 1.807) is 6.07 Å². The van der Waals surface area contributed by atoms with Crippen LogP contribution in [-0.4, -0.2) is 43.1 Å². The number of piperidine rings is 1. The van der Waals surface area contributed by atoms with Gasteiger partial charge in [0.25, 0.3) is 0 Å². The summed E-state index contributed by atoms with van der Waals surface area (Å²) in [7, 11) is 0. The lowest BCUT2D eigenvalue weighted by atomic mass is 9.91. The summed E-state index contributed by atoms with van der Waals surface area (Å²) in [6, 6.07) is 12.7. The van der Waals surface area contributed by atoms with Crippen LogP contribution in [0.1, 0.15) is 28.4 Å². The van der Waals surface area contributed by atoms with Crippen molar-refractivity contribution in [3.8, 4) is 11.1 Å². The van der Waals surface area contributed by atoms with Crippen LogP contribution in [0.3, 0.4) is 0 Å². The van der Waals surface area contributed by atoms with Gasteiger partial charge in [0.15, 0.2) is 0 Å². The van der Waals surface area contributed by atoms with Gasteiger partial charge in [0, 0.05) is 43.3 Å². The van der Waals surface area contributed by atoms with Crippen molar-refractivity contribution >= 4 is 11.8 Å². The summed E-state index contributed by atoms with van der Waals surface area (Å²) in [5.41, 5.74) is 9.20. The number of nitrogens with zero attached hydrogens (tertiary/aromatic N) is 1. The molecule has 3 fully saturated rings. The zero-order valence-corrected chi connectivity index (χ0v) is 17.7. The third-order valence-corrected chi connectivity index (χ3v) is 7.78. The molecule has 3 aliphatic rings. The molecule has 3 unspecified atom stereocenters. The van der Waals surface area contributed by atoms with Crippen molar-refractivity contribution in [3.05, 3.63) is 58.9 Å². The number of nitrogens with one attached hydrogen (secondary N) is 3. The number of rotatable bonds is 4. The number of aryl methyl sites for hydroxylation is 1. The average molecular weight is 413 g/mol. The topological polar surface area (TPSA) is 39.3 Å². The maximum Gasteiger partial charge on any atom is 0.126 e. The highest BCUT2D eigenvalue weighted by molar-refractivity contribution is 7.99. The number of hydrogen-bond donors (Lipinski definition) is 3. The van der Waals surface area contributed by atoms with E-state index < -0.39 is 0 Å². The number of fused-ring (bicyclic) bond motifs is 1. The number of halogens is 1. The number of hydrazine groups is 1. The van der Waals surface area contributed by atoms with Gasteiger partial charge in [0.05, 0.1) is 0 Å². The molecule has 5 rings (SSSR count). The Morgan fingerprint density at radius 3 is 2.90 bits per heavy atom. The fourth-order valence-corrected chi connectivity index (χ4v) is 6.06. The van der Waals surface area contributed by atoms with E-state index in [9.17, 15) is 4.39 Å². The SMILES string of the molecule is Cc1ccc(-c2cccc(CN3NCC4CCNCC43)c2C2CNCS2)cc1F. The van der Waals surface area contributed by atoms with Crippen LogP contribution in [0.25, 0.3) is 11.1 Å². The number of hydrogen-bond acceptors (Lipinski definition) is 5. The lowest BCUT2D eigenvalue weighted by Gasteiger charge is -2.32. The Bertz CT molecular complexity index is 883. The average Bonchev–Trinajstić information content (AvgIpc) is 3.41. The highest BCUT2D eigenvalue weighted by atomic mass is 32.2. The molecule has 0 amide bonds. The van der Waals surface area contributed by atoms with Gasteiger partial charge in [-0.05, 0) is 59.7 Å². The molecule has 3 N–H and O–H groups in total. The van der Waals surface area contributed by atoms with Crippen molar-refractivity contribution in [2.75, 3.05) is 32.1 Å². The van der Waals surface area contributed by atoms with Crippen molar-refractivity contribution in [2.24, 2.45) is 5.92 Å². The summed E-state index contributed by atoms with van der Waals surface area (Å²) in [4.78, 5) is 0. The number of benzene rings is 2. The van der Waals surface area contributed by atoms with Crippen molar-refractivity contribution in [2.45, 2.75) is 31.2 Å². The van der Waals surface area contributed by atoms with Crippen LogP contribution in [0.5, 0.6) is 0 Å². The molecular formula is C23H29FN4S. The smallest absolute Gasteiger partial charge is 0.126 e. The quantitative estimate of drug-likeness (QED) is 0.718. The minimum atomic E-state index is -0.131. The second-order valence-electron chi connectivity index (χ2n) is 8.41. The molecule has 3 aliphatic heterocycles. The molecule has 3 atom stereocenters. The van der Waals surface area contributed by atoms with Crippen LogP contribution >= 0.6 is 11.8 Å². The minimum Gasteiger partial charge on any atom is -0.315 e. The summed E-state index contributed by atoms with van der Waals surface area (Å²) in [6.07, 6.45) is 1.24. The molecule has 0 spiro atoms. The lowest BCUT2D eigenvalue weighted by Crippen LogP contribution is -2.47. The second kappa shape index (κ2) is 8.36. The Morgan fingerprint density at radius 2 is 2.07 bits per heavy atom. The van der Waals surface area contributed by atoms with E-state index >= 15 is 0 Å². The van der Waals surface area contributed by atoms with E-state index in [2.05, 4.69) is 45.3 Å². The maximum atomic E-state index is 14.3. The summed E-state index contributed by atoms with van der Waals surface area (Å²) in [5, 5.41) is 9.87. The van der Waals surface area contributed by atoms with Crippen LogP contribution in [0.2, 0.25) is 0 Å². The van der Waals surface area contributed by atoms with Gasteiger partial charge in [0.1, 0.15) is 5.82 Å². The molecule has 29 heavy (non-hydrogen) atoms. The highest BCUT2D eigenvalue weighted by Gasteiger charge is 2.36. The normalized spacial score (nSPS) is 27.3. The Kier molecular flexibility index (Phi) is 5.63. The molecule has 0 bridgehead atoms. The van der Waals surface area contributed by atoms with Crippen LogP contribution in [0.15, 0.2) is 36.4 Å². The Morgan fingerprint density at radius 1 is 1.14 bits per heavy atom. The Balaban J connectivity index is 1.52. The van der Waals surface area contributed by atoms with E-state index in [1.807, 2.05) is 24.8 Å². The third kappa shape index (κ3) is 3.84. The van der Waals surface area contributed by atoms with E-state index in [0.717, 1.165) is 50.1 Å². The molecule has 0 aliphatic carbocycles. The summed E-state index contributed by atoms with van der Waals surface area (Å²) < 4.78 is 14.3. The third-order valence-electron chi connectivity index (χ3n) is 6.60.